The summed E-state index contributed by atoms with van der Waals surface area (Å²) in [4.78, 5) is 62.7. The van der Waals surface area contributed by atoms with E-state index in [1.54, 1.807) is 17.2 Å². The van der Waals surface area contributed by atoms with Crippen LogP contribution in [0.1, 0.15) is 76.8 Å². The number of allylic oxidation sites excluding steroid dienone is 1. The summed E-state index contributed by atoms with van der Waals surface area (Å²) in [6, 6.07) is 12.6. The van der Waals surface area contributed by atoms with E-state index in [1.807, 2.05) is 43.3 Å². The van der Waals surface area contributed by atoms with Crippen molar-refractivity contribution < 1.29 is 19.2 Å². The van der Waals surface area contributed by atoms with Gasteiger partial charge in [-0.15, -0.1) is 0 Å². The Bertz CT molecular complexity index is 1740. The molecule has 7 rings (SSSR count). The van der Waals surface area contributed by atoms with E-state index < -0.39 is 17.4 Å². The first-order valence-electron chi connectivity index (χ1n) is 15.6. The van der Waals surface area contributed by atoms with E-state index in [0.29, 0.717) is 30.6 Å². The van der Waals surface area contributed by atoms with Crippen molar-refractivity contribution in [1.29, 1.82) is 0 Å². The first-order chi connectivity index (χ1) is 21.8. The molecule has 5 atom stereocenters. The molecule has 4 aliphatic rings. The van der Waals surface area contributed by atoms with Gasteiger partial charge in [0.1, 0.15) is 18.1 Å². The molecule has 1 spiro atoms. The highest BCUT2D eigenvalue weighted by molar-refractivity contribution is 6.06. The lowest BCUT2D eigenvalue weighted by Gasteiger charge is -2.42. The number of nitrogens with zero attached hydrogens (tertiary/aromatic N) is 3. The molecule has 4 unspecified atom stereocenters. The highest BCUT2D eigenvalue weighted by atomic mass is 16.2. The number of rotatable bonds is 6. The molecule has 2 aliphatic carbocycles. The van der Waals surface area contributed by atoms with Gasteiger partial charge in [-0.1, -0.05) is 36.4 Å². The van der Waals surface area contributed by atoms with Gasteiger partial charge < -0.3 is 26.1 Å². The first kappa shape index (κ1) is 29.0. The number of nitrogens with two attached hydrogens (primary N) is 1. The minimum absolute atomic E-state index is 0.0402. The van der Waals surface area contributed by atoms with Crippen molar-refractivity contribution in [3.8, 4) is 0 Å². The van der Waals surface area contributed by atoms with E-state index in [1.165, 1.54) is 6.20 Å². The maximum Gasteiger partial charge on any atom is 0.253 e. The van der Waals surface area contributed by atoms with E-state index in [9.17, 15) is 19.2 Å². The topological polar surface area (TPSA) is 147 Å². The monoisotopic (exact) mass is 604 g/mol. The molecular weight excluding hydrogens is 568 g/mol. The smallest absolute Gasteiger partial charge is 0.253 e. The van der Waals surface area contributed by atoms with Crippen molar-refractivity contribution in [2.75, 3.05) is 11.9 Å². The highest BCUT2D eigenvalue weighted by Crippen LogP contribution is 2.47. The van der Waals surface area contributed by atoms with Gasteiger partial charge in [-0.3, -0.25) is 19.4 Å². The van der Waals surface area contributed by atoms with Crippen LogP contribution in [0.25, 0.3) is 5.57 Å². The molecule has 2 aliphatic heterocycles. The van der Waals surface area contributed by atoms with Crippen LogP contribution >= 0.6 is 0 Å². The Kier molecular flexibility index (Phi) is 7.32. The molecule has 4 heterocycles. The van der Waals surface area contributed by atoms with Crippen LogP contribution in [0.3, 0.4) is 0 Å². The maximum atomic E-state index is 13.6. The predicted octanol–water partition coefficient (Wildman–Crippen LogP) is 3.06. The number of amides is 3. The van der Waals surface area contributed by atoms with Crippen LogP contribution in [0.15, 0.2) is 60.9 Å². The lowest BCUT2D eigenvalue weighted by molar-refractivity contribution is -0.141. The second kappa shape index (κ2) is 11.3. The number of carbonyl (C=O) groups excluding carboxylic acids is 4. The Morgan fingerprint density at radius 2 is 1.98 bits per heavy atom. The summed E-state index contributed by atoms with van der Waals surface area (Å²) in [5.41, 5.74) is 11.3. The molecule has 1 saturated heterocycles. The van der Waals surface area contributed by atoms with Gasteiger partial charge in [0.05, 0.1) is 17.5 Å². The Labute approximate surface area is 261 Å². The summed E-state index contributed by atoms with van der Waals surface area (Å²) in [6.07, 6.45) is 10.3. The van der Waals surface area contributed by atoms with Crippen LogP contribution in [-0.2, 0) is 32.6 Å². The number of piperidine rings is 1. The zero-order chi connectivity index (χ0) is 31.3. The van der Waals surface area contributed by atoms with E-state index in [0.717, 1.165) is 59.1 Å². The first-order valence-corrected chi connectivity index (χ1v) is 15.6. The van der Waals surface area contributed by atoms with Crippen molar-refractivity contribution in [3.63, 3.8) is 0 Å². The number of hydrogen-bond donors (Lipinski definition) is 3. The molecule has 3 amide bonds. The third-order valence-electron chi connectivity index (χ3n) is 10.1. The molecule has 10 heteroatoms. The maximum absolute atomic E-state index is 13.6. The molecule has 3 aromatic rings. The fourth-order valence-electron chi connectivity index (χ4n) is 7.65. The van der Waals surface area contributed by atoms with Gasteiger partial charge in [0.15, 0.2) is 0 Å². The SMILES string of the molecule is CC1C(c2ccccc2)CC(NC(=O)c2cnc3c(c2)C[C@@]2(C3)C(=O)Nc3ncc(C4=CCCCC4N)cc32)C(=O)N1CC=O. The molecule has 230 valence electrons. The summed E-state index contributed by atoms with van der Waals surface area (Å²) >= 11 is 0. The Morgan fingerprint density at radius 3 is 2.76 bits per heavy atom. The largest absolute Gasteiger partial charge is 0.340 e. The summed E-state index contributed by atoms with van der Waals surface area (Å²) in [6.45, 7) is 1.90. The van der Waals surface area contributed by atoms with Gasteiger partial charge >= 0.3 is 0 Å². The van der Waals surface area contributed by atoms with Gasteiger partial charge in [-0.25, -0.2) is 4.98 Å². The molecule has 1 aromatic carbocycles. The number of carbonyl (C=O) groups is 4. The number of likely N-dealkylation sites (tertiary alicyclic amines) is 1. The zero-order valence-electron chi connectivity index (χ0n) is 25.2. The Hall–Kier alpha value is -4.70. The van der Waals surface area contributed by atoms with Gasteiger partial charge in [0.2, 0.25) is 11.8 Å². The molecule has 10 nitrogen and oxygen atoms in total. The van der Waals surface area contributed by atoms with Crippen molar-refractivity contribution in [3.05, 3.63) is 94.4 Å². The molecule has 0 radical (unpaired) electrons. The van der Waals surface area contributed by atoms with Crippen LogP contribution in [0.2, 0.25) is 0 Å². The standard InChI is InChI=1S/C35H36N6O4/c1-20-26(21-7-3-2-4-8-21)15-29(33(44)41(20)11-12-42)39-32(43)24-13-22-16-35(17-30(22)37-19-24)27-14-23(18-38-31(27)40-34(35)45)25-9-5-6-10-28(25)36/h2-4,7-9,12-14,18-20,26,28-29H,5-6,10-11,15-17,36H2,1H3,(H,39,43)(H,38,40,45)/t20?,26?,28?,29?,35-/m0/s1. The number of fused-ring (bicyclic) bond motifs is 3. The quantitative estimate of drug-likeness (QED) is 0.367. The van der Waals surface area contributed by atoms with Crippen molar-refractivity contribution >= 4 is 35.4 Å². The number of anilines is 1. The van der Waals surface area contributed by atoms with E-state index >= 15 is 0 Å². The summed E-state index contributed by atoms with van der Waals surface area (Å²) in [5, 5.41) is 5.89. The number of pyridine rings is 2. The summed E-state index contributed by atoms with van der Waals surface area (Å²) in [5.74, 6) is -0.325. The average molecular weight is 605 g/mol. The van der Waals surface area contributed by atoms with Gasteiger partial charge in [-0.05, 0) is 73.4 Å². The number of aldehydes is 1. The zero-order valence-corrected chi connectivity index (χ0v) is 25.2. The van der Waals surface area contributed by atoms with Gasteiger partial charge in [0.25, 0.3) is 5.91 Å². The lowest BCUT2D eigenvalue weighted by atomic mass is 9.78. The van der Waals surface area contributed by atoms with Crippen LogP contribution in [0.4, 0.5) is 5.82 Å². The number of hydrogen-bond acceptors (Lipinski definition) is 7. The van der Waals surface area contributed by atoms with E-state index in [2.05, 4.69) is 26.7 Å². The van der Waals surface area contributed by atoms with Crippen LogP contribution in [-0.4, -0.2) is 63.5 Å². The normalized spacial score (nSPS) is 27.1. The van der Waals surface area contributed by atoms with Crippen molar-refractivity contribution in [2.45, 2.75) is 74.9 Å². The molecule has 2 aromatic heterocycles. The third kappa shape index (κ3) is 4.93. The summed E-state index contributed by atoms with van der Waals surface area (Å²) < 4.78 is 0. The van der Waals surface area contributed by atoms with Gasteiger partial charge in [0, 0.05) is 48.1 Å². The second-order valence-electron chi connectivity index (χ2n) is 12.7. The molecular formula is C35H36N6O4. The third-order valence-corrected chi connectivity index (χ3v) is 10.1. The lowest BCUT2D eigenvalue weighted by Crippen LogP contribution is -2.58. The Morgan fingerprint density at radius 1 is 1.16 bits per heavy atom. The molecule has 0 saturated carbocycles. The fourth-order valence-corrected chi connectivity index (χ4v) is 7.65. The summed E-state index contributed by atoms with van der Waals surface area (Å²) in [7, 11) is 0. The minimum Gasteiger partial charge on any atom is -0.340 e. The van der Waals surface area contributed by atoms with E-state index in [-0.39, 0.29) is 36.4 Å². The molecule has 45 heavy (non-hydrogen) atoms. The van der Waals surface area contributed by atoms with Crippen LogP contribution < -0.4 is 16.4 Å². The number of aromatic nitrogens is 2. The van der Waals surface area contributed by atoms with Crippen molar-refractivity contribution in [2.24, 2.45) is 5.73 Å². The minimum atomic E-state index is -0.865. The molecule has 4 N–H and O–H groups in total. The predicted molar refractivity (Wildman–Crippen MR) is 168 cm³/mol. The van der Waals surface area contributed by atoms with E-state index in [4.69, 9.17) is 5.73 Å². The number of nitrogens with one attached hydrogen (secondary N) is 2. The molecule has 0 bridgehead atoms. The molecule has 1 fully saturated rings. The highest BCUT2D eigenvalue weighted by Gasteiger charge is 2.52. The Balaban J connectivity index is 1.13. The van der Waals surface area contributed by atoms with Gasteiger partial charge in [-0.2, -0.15) is 0 Å². The fraction of sp³-hybridized carbons (Fsp3) is 0.371. The van der Waals surface area contributed by atoms with Crippen LogP contribution in [0.5, 0.6) is 0 Å². The van der Waals surface area contributed by atoms with Crippen molar-refractivity contribution in [1.82, 2.24) is 20.2 Å². The number of benzene rings is 1. The second-order valence-corrected chi connectivity index (χ2v) is 12.7. The average Bonchev–Trinajstić information content (AvgIpc) is 3.57. The van der Waals surface area contributed by atoms with Crippen LogP contribution in [0, 0.1) is 0 Å².